The lowest BCUT2D eigenvalue weighted by Gasteiger charge is -2.16. The van der Waals surface area contributed by atoms with Gasteiger partial charge in [-0.15, -0.1) is 0 Å². The summed E-state index contributed by atoms with van der Waals surface area (Å²) in [5, 5.41) is 7.68. The molecule has 6 nitrogen and oxygen atoms in total. The van der Waals surface area contributed by atoms with Crippen LogP contribution in [-0.4, -0.2) is 32.8 Å². The summed E-state index contributed by atoms with van der Waals surface area (Å²) >= 11 is 0. The van der Waals surface area contributed by atoms with Crippen LogP contribution >= 0.6 is 0 Å². The van der Waals surface area contributed by atoms with Crippen molar-refractivity contribution < 1.29 is 17.6 Å². The van der Waals surface area contributed by atoms with Crippen LogP contribution in [0.1, 0.15) is 5.56 Å². The largest absolute Gasteiger partial charge is 0.325 e. The molecule has 0 bridgehead atoms. The number of anilines is 1. The van der Waals surface area contributed by atoms with Gasteiger partial charge >= 0.3 is 0 Å². The van der Waals surface area contributed by atoms with Crippen LogP contribution < -0.4 is 10.5 Å². The lowest BCUT2D eigenvalue weighted by molar-refractivity contribution is -0.117. The Balaban J connectivity index is 1.94. The SMILES string of the molecule is CN(CC(=O)Nc1cccc(S(N)(=O)=O)c1)Cc1ccc(F)cc1. The predicted molar refractivity (Wildman–Crippen MR) is 89.2 cm³/mol. The second-order valence-corrected chi connectivity index (χ2v) is 6.98. The van der Waals surface area contributed by atoms with Gasteiger partial charge in [0, 0.05) is 12.2 Å². The van der Waals surface area contributed by atoms with E-state index in [0.29, 0.717) is 12.2 Å². The number of nitrogens with two attached hydrogens (primary N) is 1. The summed E-state index contributed by atoms with van der Waals surface area (Å²) in [6.45, 7) is 0.571. The molecule has 2 rings (SSSR count). The molecule has 0 heterocycles. The molecule has 0 aliphatic carbocycles. The van der Waals surface area contributed by atoms with Gasteiger partial charge in [-0.2, -0.15) is 0 Å². The molecule has 0 spiro atoms. The molecular formula is C16H18FN3O3S. The van der Waals surface area contributed by atoms with Crippen molar-refractivity contribution in [3.05, 3.63) is 59.9 Å². The number of hydrogen-bond acceptors (Lipinski definition) is 4. The van der Waals surface area contributed by atoms with Crippen molar-refractivity contribution in [2.75, 3.05) is 18.9 Å². The average molecular weight is 351 g/mol. The molecule has 0 saturated carbocycles. The van der Waals surface area contributed by atoms with Crippen LogP contribution in [0.15, 0.2) is 53.4 Å². The van der Waals surface area contributed by atoms with Gasteiger partial charge in [-0.05, 0) is 42.9 Å². The van der Waals surface area contributed by atoms with E-state index in [1.165, 1.54) is 30.3 Å². The van der Waals surface area contributed by atoms with Crippen LogP contribution in [0.4, 0.5) is 10.1 Å². The van der Waals surface area contributed by atoms with Crippen molar-refractivity contribution in [2.24, 2.45) is 5.14 Å². The molecular weight excluding hydrogens is 333 g/mol. The Morgan fingerprint density at radius 2 is 1.88 bits per heavy atom. The van der Waals surface area contributed by atoms with Crippen LogP contribution in [0, 0.1) is 5.82 Å². The monoisotopic (exact) mass is 351 g/mol. The number of sulfonamides is 1. The second kappa shape index (κ2) is 7.52. The minimum atomic E-state index is -3.82. The Kier molecular flexibility index (Phi) is 5.66. The fourth-order valence-corrected chi connectivity index (χ4v) is 2.71. The molecule has 0 aliphatic heterocycles. The van der Waals surface area contributed by atoms with Crippen molar-refractivity contribution in [1.29, 1.82) is 0 Å². The highest BCUT2D eigenvalue weighted by atomic mass is 32.2. The number of nitrogens with one attached hydrogen (secondary N) is 1. The fraction of sp³-hybridized carbons (Fsp3) is 0.188. The third-order valence-electron chi connectivity index (χ3n) is 3.23. The molecule has 0 aliphatic rings. The molecule has 8 heteroatoms. The maximum Gasteiger partial charge on any atom is 0.238 e. The molecule has 0 atom stereocenters. The van der Waals surface area contributed by atoms with Crippen LogP contribution in [0.25, 0.3) is 0 Å². The molecule has 0 saturated heterocycles. The topological polar surface area (TPSA) is 92.5 Å². The Hall–Kier alpha value is -2.29. The van der Waals surface area contributed by atoms with Gasteiger partial charge in [0.1, 0.15) is 5.82 Å². The number of likely N-dealkylation sites (N-methyl/N-ethyl adjacent to an activating group) is 1. The number of halogens is 1. The van der Waals surface area contributed by atoms with E-state index >= 15 is 0 Å². The molecule has 0 unspecified atom stereocenters. The van der Waals surface area contributed by atoms with Gasteiger partial charge in [0.25, 0.3) is 0 Å². The van der Waals surface area contributed by atoms with Crippen LogP contribution in [0.2, 0.25) is 0 Å². The first-order chi connectivity index (χ1) is 11.2. The standard InChI is InChI=1S/C16H18FN3O3S/c1-20(10-12-5-7-13(17)8-6-12)11-16(21)19-14-3-2-4-15(9-14)24(18,22)23/h2-9H,10-11H2,1H3,(H,19,21)(H2,18,22,23). The third-order valence-corrected chi connectivity index (χ3v) is 4.14. The normalized spacial score (nSPS) is 11.5. The first-order valence-electron chi connectivity index (χ1n) is 7.10. The van der Waals surface area contributed by atoms with Crippen molar-refractivity contribution in [1.82, 2.24) is 4.90 Å². The summed E-state index contributed by atoms with van der Waals surface area (Å²) in [6.07, 6.45) is 0. The Morgan fingerprint density at radius 1 is 1.21 bits per heavy atom. The van der Waals surface area contributed by atoms with Crippen molar-refractivity contribution >= 4 is 21.6 Å². The van der Waals surface area contributed by atoms with E-state index in [2.05, 4.69) is 5.32 Å². The van der Waals surface area contributed by atoms with E-state index in [9.17, 15) is 17.6 Å². The van der Waals surface area contributed by atoms with Crippen molar-refractivity contribution in [3.8, 4) is 0 Å². The summed E-state index contributed by atoms with van der Waals surface area (Å²) < 4.78 is 35.5. The lowest BCUT2D eigenvalue weighted by atomic mass is 10.2. The molecule has 2 aromatic carbocycles. The summed E-state index contributed by atoms with van der Waals surface area (Å²) in [4.78, 5) is 13.7. The fourth-order valence-electron chi connectivity index (χ4n) is 2.15. The highest BCUT2D eigenvalue weighted by Gasteiger charge is 2.11. The van der Waals surface area contributed by atoms with Gasteiger partial charge in [-0.1, -0.05) is 18.2 Å². The predicted octanol–water partition coefficient (Wildman–Crippen LogP) is 1.54. The van der Waals surface area contributed by atoms with Crippen LogP contribution in [0.5, 0.6) is 0 Å². The molecule has 0 fully saturated rings. The summed E-state index contributed by atoms with van der Waals surface area (Å²) in [5.41, 5.74) is 1.23. The van der Waals surface area contributed by atoms with Gasteiger partial charge in [0.2, 0.25) is 15.9 Å². The van der Waals surface area contributed by atoms with Gasteiger partial charge in [-0.25, -0.2) is 17.9 Å². The first kappa shape index (κ1) is 18.1. The average Bonchev–Trinajstić information content (AvgIpc) is 2.49. The van der Waals surface area contributed by atoms with E-state index in [1.807, 2.05) is 0 Å². The molecule has 128 valence electrons. The smallest absolute Gasteiger partial charge is 0.238 e. The van der Waals surface area contributed by atoms with Crippen LogP contribution in [-0.2, 0) is 21.4 Å². The summed E-state index contributed by atoms with van der Waals surface area (Å²) in [6, 6.07) is 11.8. The number of hydrogen-bond donors (Lipinski definition) is 2. The zero-order valence-corrected chi connectivity index (χ0v) is 13.9. The molecule has 1 amide bonds. The maximum absolute atomic E-state index is 12.9. The van der Waals surface area contributed by atoms with E-state index in [-0.39, 0.29) is 23.2 Å². The molecule has 0 radical (unpaired) electrons. The highest BCUT2D eigenvalue weighted by molar-refractivity contribution is 7.89. The number of rotatable bonds is 6. The number of carbonyl (C=O) groups excluding carboxylic acids is 1. The maximum atomic E-state index is 12.9. The lowest BCUT2D eigenvalue weighted by Crippen LogP contribution is -2.29. The zero-order valence-electron chi connectivity index (χ0n) is 13.1. The van der Waals surface area contributed by atoms with E-state index < -0.39 is 10.0 Å². The van der Waals surface area contributed by atoms with Crippen molar-refractivity contribution in [3.63, 3.8) is 0 Å². The number of nitrogens with zero attached hydrogens (tertiary/aromatic N) is 1. The third kappa shape index (κ3) is 5.41. The summed E-state index contributed by atoms with van der Waals surface area (Å²) in [5.74, 6) is -0.611. The number of amides is 1. The second-order valence-electron chi connectivity index (χ2n) is 5.42. The first-order valence-corrected chi connectivity index (χ1v) is 8.64. The minimum absolute atomic E-state index is 0.0695. The Bertz CT molecular complexity index is 823. The van der Waals surface area contributed by atoms with Crippen LogP contribution in [0.3, 0.4) is 0 Å². The van der Waals surface area contributed by atoms with E-state index in [0.717, 1.165) is 5.56 Å². The van der Waals surface area contributed by atoms with Gasteiger partial charge in [-0.3, -0.25) is 9.69 Å². The molecule has 0 aromatic heterocycles. The van der Waals surface area contributed by atoms with Crippen molar-refractivity contribution in [2.45, 2.75) is 11.4 Å². The Morgan fingerprint density at radius 3 is 2.50 bits per heavy atom. The Labute approximate surface area is 140 Å². The number of carbonyl (C=O) groups is 1. The van der Waals surface area contributed by atoms with E-state index in [4.69, 9.17) is 5.14 Å². The molecule has 24 heavy (non-hydrogen) atoms. The van der Waals surface area contributed by atoms with Gasteiger partial charge in [0.05, 0.1) is 11.4 Å². The quantitative estimate of drug-likeness (QED) is 0.826. The number of benzene rings is 2. The number of primary sulfonamides is 1. The molecule has 2 aromatic rings. The minimum Gasteiger partial charge on any atom is -0.325 e. The van der Waals surface area contributed by atoms with Gasteiger partial charge in [0.15, 0.2) is 0 Å². The van der Waals surface area contributed by atoms with E-state index in [1.54, 1.807) is 30.1 Å². The highest BCUT2D eigenvalue weighted by Crippen LogP contribution is 2.14. The molecule has 3 N–H and O–H groups in total. The zero-order chi connectivity index (χ0) is 17.7. The summed E-state index contributed by atoms with van der Waals surface area (Å²) in [7, 11) is -2.07. The van der Waals surface area contributed by atoms with Gasteiger partial charge < -0.3 is 5.32 Å².